The molecule has 83 valence electrons. The van der Waals surface area contributed by atoms with E-state index in [4.69, 9.17) is 0 Å². The monoisotopic (exact) mass is 279 g/mol. The van der Waals surface area contributed by atoms with Crippen molar-refractivity contribution in [2.45, 2.75) is 40.5 Å². The van der Waals surface area contributed by atoms with Crippen molar-refractivity contribution in [3.63, 3.8) is 0 Å². The van der Waals surface area contributed by atoms with Crippen LogP contribution in [0, 0.1) is 18.4 Å². The van der Waals surface area contributed by atoms with Crippen LogP contribution in [0.1, 0.15) is 39.7 Å². The maximum absolute atomic E-state index is 3.76. The molecule has 0 aliphatic heterocycles. The van der Waals surface area contributed by atoms with Crippen LogP contribution in [0.25, 0.3) is 0 Å². The second kappa shape index (κ2) is 9.54. The third-order valence-electron chi connectivity index (χ3n) is 1.95. The Bertz CT molecular complexity index is 221. The van der Waals surface area contributed by atoms with Crippen LogP contribution < -0.4 is 0 Å². The van der Waals surface area contributed by atoms with Crippen LogP contribution in [0.2, 0.25) is 0 Å². The van der Waals surface area contributed by atoms with E-state index in [0.717, 1.165) is 12.8 Å². The van der Waals surface area contributed by atoms with Crippen molar-refractivity contribution in [2.24, 2.45) is 5.41 Å². The predicted octanol–water partition coefficient (Wildman–Crippen LogP) is 4.30. The molecule has 1 aromatic carbocycles. The minimum absolute atomic E-state index is 0. The van der Waals surface area contributed by atoms with Gasteiger partial charge in [0.1, 0.15) is 0 Å². The average Bonchev–Trinajstić information content (AvgIpc) is 2.19. The number of rotatable bonds is 1. The van der Waals surface area contributed by atoms with Crippen LogP contribution in [0.5, 0.6) is 0 Å². The van der Waals surface area contributed by atoms with Gasteiger partial charge in [0.05, 0.1) is 0 Å². The summed E-state index contributed by atoms with van der Waals surface area (Å²) in [4.78, 5) is 0. The first kappa shape index (κ1) is 17.7. The molecule has 0 fully saturated rings. The molecule has 0 unspecified atom stereocenters. The first-order valence-electron chi connectivity index (χ1n) is 5.24. The van der Waals surface area contributed by atoms with Crippen LogP contribution in [-0.4, -0.2) is 0 Å². The van der Waals surface area contributed by atoms with E-state index >= 15 is 0 Å². The number of hydrogen-bond donors (Lipinski definition) is 0. The van der Waals surface area contributed by atoms with Crippen LogP contribution in [-0.2, 0) is 39.1 Å². The number of benzene rings is 1. The van der Waals surface area contributed by atoms with Gasteiger partial charge in [0, 0.05) is 32.7 Å². The molecule has 1 radical (unpaired) electrons. The fourth-order valence-electron chi connectivity index (χ4n) is 0.657. The maximum atomic E-state index is 3.76. The van der Waals surface area contributed by atoms with Gasteiger partial charge in [-0.25, -0.2) is 0 Å². The minimum Gasteiger partial charge on any atom is -0.343 e. The molecule has 0 spiro atoms. The summed E-state index contributed by atoms with van der Waals surface area (Å²) in [6, 6.07) is 11.0. The molecular weight excluding hydrogens is 257 g/mol. The summed E-state index contributed by atoms with van der Waals surface area (Å²) in [5, 5.41) is 0. The molecule has 0 aromatic heterocycles. The molecule has 0 saturated heterocycles. The van der Waals surface area contributed by atoms with Crippen molar-refractivity contribution >= 4 is 0 Å². The van der Waals surface area contributed by atoms with Gasteiger partial charge in [0.2, 0.25) is 0 Å². The van der Waals surface area contributed by atoms with Gasteiger partial charge in [-0.2, -0.15) is 42.3 Å². The SMILES string of the molecule is CCc1cc[c-]cc1.[CH2-]CC(C)(C)C.[Y]. The first-order chi connectivity index (χ1) is 6.49. The summed E-state index contributed by atoms with van der Waals surface area (Å²) in [6.07, 6.45) is 2.14. The smallest absolute Gasteiger partial charge is 0 e. The molecule has 0 nitrogen and oxygen atoms in total. The fourth-order valence-corrected chi connectivity index (χ4v) is 0.657. The molecule has 0 aliphatic carbocycles. The second-order valence-electron chi connectivity index (χ2n) is 4.57. The molecule has 0 bridgehead atoms. The molecular formula is C14H22Y-2. The van der Waals surface area contributed by atoms with E-state index in [-0.39, 0.29) is 32.7 Å². The molecule has 0 atom stereocenters. The molecule has 1 aromatic rings. The van der Waals surface area contributed by atoms with Gasteiger partial charge >= 0.3 is 0 Å². The largest absolute Gasteiger partial charge is 0.343 e. The topological polar surface area (TPSA) is 0 Å². The molecule has 1 heteroatoms. The van der Waals surface area contributed by atoms with E-state index in [1.54, 1.807) is 0 Å². The second-order valence-corrected chi connectivity index (χ2v) is 4.57. The summed E-state index contributed by atoms with van der Waals surface area (Å²) < 4.78 is 0. The number of aryl methyl sites for hydroxylation is 1. The van der Waals surface area contributed by atoms with Crippen molar-refractivity contribution in [1.82, 2.24) is 0 Å². The van der Waals surface area contributed by atoms with Crippen molar-refractivity contribution < 1.29 is 32.7 Å². The average molecular weight is 279 g/mol. The Morgan fingerprint density at radius 2 is 1.60 bits per heavy atom. The van der Waals surface area contributed by atoms with Crippen molar-refractivity contribution in [3.05, 3.63) is 42.8 Å². The summed E-state index contributed by atoms with van der Waals surface area (Å²) in [5.41, 5.74) is 1.81. The maximum Gasteiger partial charge on any atom is 0 e. The van der Waals surface area contributed by atoms with Gasteiger partial charge < -0.3 is 6.92 Å². The van der Waals surface area contributed by atoms with Crippen LogP contribution >= 0.6 is 0 Å². The van der Waals surface area contributed by atoms with Gasteiger partial charge in [-0.05, 0) is 0 Å². The molecule has 0 amide bonds. The standard InChI is InChI=1S/C8H9.C6H13.Y/c1-2-8-6-4-3-5-7-8;1-5-6(2,3)4;/h4-7H,2H2,1H3;1,5H2,2-4H3;/q2*-1;. The van der Waals surface area contributed by atoms with E-state index in [2.05, 4.69) is 52.8 Å². The van der Waals surface area contributed by atoms with Crippen LogP contribution in [0.4, 0.5) is 0 Å². The zero-order valence-electron chi connectivity index (χ0n) is 10.5. The van der Waals surface area contributed by atoms with E-state index in [1.807, 2.05) is 12.1 Å². The Kier molecular flexibility index (Phi) is 11.3. The van der Waals surface area contributed by atoms with E-state index in [0.29, 0.717) is 5.41 Å². The summed E-state index contributed by atoms with van der Waals surface area (Å²) in [5.74, 6) is 0. The third-order valence-corrected chi connectivity index (χ3v) is 1.95. The van der Waals surface area contributed by atoms with Crippen molar-refractivity contribution in [1.29, 1.82) is 0 Å². The Morgan fingerprint density at radius 3 is 1.80 bits per heavy atom. The molecule has 0 N–H and O–H groups in total. The fraction of sp³-hybridized carbons (Fsp3) is 0.500. The molecule has 0 heterocycles. The molecule has 1 rings (SSSR count). The Balaban J connectivity index is 0. The third kappa shape index (κ3) is 12.3. The molecule has 0 saturated carbocycles. The Morgan fingerprint density at radius 1 is 1.20 bits per heavy atom. The van der Waals surface area contributed by atoms with Gasteiger partial charge in [-0.3, -0.25) is 0 Å². The summed E-state index contributed by atoms with van der Waals surface area (Å²) in [7, 11) is 0. The van der Waals surface area contributed by atoms with Crippen LogP contribution in [0.15, 0.2) is 24.3 Å². The molecule has 15 heavy (non-hydrogen) atoms. The van der Waals surface area contributed by atoms with E-state index in [9.17, 15) is 0 Å². The first-order valence-corrected chi connectivity index (χ1v) is 5.24. The zero-order chi connectivity index (χ0) is 11.0. The van der Waals surface area contributed by atoms with E-state index < -0.39 is 0 Å². The number of hydrogen-bond acceptors (Lipinski definition) is 0. The Hall–Kier alpha value is 0.324. The normalized spacial score (nSPS) is 9.67. The minimum atomic E-state index is 0. The molecule has 0 aliphatic rings. The predicted molar refractivity (Wildman–Crippen MR) is 64.1 cm³/mol. The van der Waals surface area contributed by atoms with Crippen LogP contribution in [0.3, 0.4) is 0 Å². The van der Waals surface area contributed by atoms with Gasteiger partial charge in [0.15, 0.2) is 0 Å². The van der Waals surface area contributed by atoms with Gasteiger partial charge in [-0.15, -0.1) is 0 Å². The Labute approximate surface area is 121 Å². The van der Waals surface area contributed by atoms with Gasteiger partial charge in [0.25, 0.3) is 0 Å². The summed E-state index contributed by atoms with van der Waals surface area (Å²) >= 11 is 0. The quantitative estimate of drug-likeness (QED) is 0.672. The van der Waals surface area contributed by atoms with Crippen molar-refractivity contribution in [2.75, 3.05) is 0 Å². The van der Waals surface area contributed by atoms with Crippen molar-refractivity contribution in [3.8, 4) is 0 Å². The van der Waals surface area contributed by atoms with E-state index in [1.165, 1.54) is 5.56 Å². The zero-order valence-corrected chi connectivity index (χ0v) is 13.3. The van der Waals surface area contributed by atoms with Gasteiger partial charge in [-0.1, -0.05) is 39.5 Å². The summed E-state index contributed by atoms with van der Waals surface area (Å²) in [6.45, 7) is 12.4.